The summed E-state index contributed by atoms with van der Waals surface area (Å²) in [5.41, 5.74) is 0.597. The molecule has 0 atom stereocenters. The Kier molecular flexibility index (Phi) is 3.80. The molecule has 78 valence electrons. The summed E-state index contributed by atoms with van der Waals surface area (Å²) in [6, 6.07) is 5.02. The fraction of sp³-hybridized carbons (Fsp3) is 0.250. The number of benzene rings is 1. The number of ether oxygens (including phenoxy) is 1. The third-order valence-corrected chi connectivity index (χ3v) is 3.22. The quantitative estimate of drug-likeness (QED) is 0.806. The molecule has 3 nitrogen and oxygen atoms in total. The minimum absolute atomic E-state index is 0.196. The van der Waals surface area contributed by atoms with E-state index in [4.69, 9.17) is 15.4 Å². The van der Waals surface area contributed by atoms with E-state index in [9.17, 15) is 8.42 Å². The molecule has 0 aliphatic carbocycles. The zero-order valence-corrected chi connectivity index (χ0v) is 10.5. The van der Waals surface area contributed by atoms with Crippen molar-refractivity contribution >= 4 is 35.7 Å². The van der Waals surface area contributed by atoms with Gasteiger partial charge in [0.25, 0.3) is 0 Å². The lowest BCUT2D eigenvalue weighted by atomic mass is 10.2. The molecule has 0 N–H and O–H groups in total. The van der Waals surface area contributed by atoms with Crippen LogP contribution in [-0.2, 0) is 14.8 Å². The van der Waals surface area contributed by atoms with Crippen LogP contribution in [0.15, 0.2) is 22.7 Å². The number of halogens is 2. The molecule has 0 fully saturated rings. The number of rotatable bonds is 3. The average molecular weight is 300 g/mol. The Bertz CT molecular complexity index is 430. The normalized spacial score (nSPS) is 11.4. The van der Waals surface area contributed by atoms with Gasteiger partial charge in [0, 0.05) is 10.7 Å². The zero-order valence-electron chi connectivity index (χ0n) is 7.33. The van der Waals surface area contributed by atoms with Crippen LogP contribution in [0.25, 0.3) is 0 Å². The van der Waals surface area contributed by atoms with Gasteiger partial charge in [0.05, 0.1) is 17.3 Å². The van der Waals surface area contributed by atoms with Crippen molar-refractivity contribution in [3.8, 4) is 5.75 Å². The second kappa shape index (κ2) is 4.51. The van der Waals surface area contributed by atoms with E-state index in [2.05, 4.69) is 15.9 Å². The van der Waals surface area contributed by atoms with E-state index in [1.807, 2.05) is 0 Å². The molecule has 1 aromatic rings. The predicted molar refractivity (Wildman–Crippen MR) is 59.2 cm³/mol. The second-order valence-corrected chi connectivity index (χ2v) is 6.28. The molecule has 0 saturated heterocycles. The average Bonchev–Trinajstić information content (AvgIpc) is 2.06. The van der Waals surface area contributed by atoms with Gasteiger partial charge in [-0.05, 0) is 33.6 Å². The van der Waals surface area contributed by atoms with Gasteiger partial charge in [0.15, 0.2) is 0 Å². The molecule has 14 heavy (non-hydrogen) atoms. The van der Waals surface area contributed by atoms with Crippen molar-refractivity contribution in [3.63, 3.8) is 0 Å². The lowest BCUT2D eigenvalue weighted by Gasteiger charge is -2.04. The summed E-state index contributed by atoms with van der Waals surface area (Å²) in [7, 11) is 3.12. The highest BCUT2D eigenvalue weighted by Crippen LogP contribution is 2.26. The van der Waals surface area contributed by atoms with Gasteiger partial charge in [-0.15, -0.1) is 0 Å². The Hall–Kier alpha value is -0.260. The standard InChI is InChI=1S/C8H8BrClO3S/c1-13-8-4-6(2-3-7(8)9)5-14(10,11)12/h2-4H,5H2,1H3. The molecule has 6 heteroatoms. The summed E-state index contributed by atoms with van der Waals surface area (Å²) in [5, 5.41) is 0. The highest BCUT2D eigenvalue weighted by atomic mass is 79.9. The van der Waals surface area contributed by atoms with E-state index in [0.717, 1.165) is 4.47 Å². The van der Waals surface area contributed by atoms with Gasteiger partial charge in [-0.25, -0.2) is 8.42 Å². The van der Waals surface area contributed by atoms with Crippen molar-refractivity contribution < 1.29 is 13.2 Å². The predicted octanol–water partition coefficient (Wildman–Crippen LogP) is 2.53. The maximum Gasteiger partial charge on any atom is 0.236 e. The van der Waals surface area contributed by atoms with Crippen LogP contribution in [0.5, 0.6) is 5.75 Å². The van der Waals surface area contributed by atoms with Crippen molar-refractivity contribution in [1.82, 2.24) is 0 Å². The van der Waals surface area contributed by atoms with Crippen LogP contribution in [0, 0.1) is 0 Å². The Labute approximate surface area is 95.6 Å². The Morgan fingerprint density at radius 1 is 1.50 bits per heavy atom. The van der Waals surface area contributed by atoms with Crippen molar-refractivity contribution in [1.29, 1.82) is 0 Å². The molecular formula is C8H8BrClO3S. The third kappa shape index (κ3) is 3.48. The van der Waals surface area contributed by atoms with Crippen LogP contribution in [0.3, 0.4) is 0 Å². The molecule has 0 heterocycles. The summed E-state index contributed by atoms with van der Waals surface area (Å²) in [4.78, 5) is 0. The van der Waals surface area contributed by atoms with Crippen molar-refractivity contribution in [2.75, 3.05) is 7.11 Å². The van der Waals surface area contributed by atoms with Gasteiger partial charge >= 0.3 is 0 Å². The van der Waals surface area contributed by atoms with Crippen molar-refractivity contribution in [2.24, 2.45) is 0 Å². The summed E-state index contributed by atoms with van der Waals surface area (Å²) in [6.07, 6.45) is 0. The van der Waals surface area contributed by atoms with Crippen LogP contribution < -0.4 is 4.74 Å². The highest BCUT2D eigenvalue weighted by molar-refractivity contribution is 9.10. The monoisotopic (exact) mass is 298 g/mol. The van der Waals surface area contributed by atoms with E-state index in [-0.39, 0.29) is 5.75 Å². The summed E-state index contributed by atoms with van der Waals surface area (Å²) >= 11 is 3.26. The molecule has 0 amide bonds. The van der Waals surface area contributed by atoms with E-state index < -0.39 is 9.05 Å². The van der Waals surface area contributed by atoms with Gasteiger partial charge < -0.3 is 4.74 Å². The first-order valence-electron chi connectivity index (χ1n) is 3.67. The van der Waals surface area contributed by atoms with Crippen LogP contribution >= 0.6 is 26.6 Å². The van der Waals surface area contributed by atoms with Crippen molar-refractivity contribution in [3.05, 3.63) is 28.2 Å². The fourth-order valence-corrected chi connectivity index (χ4v) is 2.36. The van der Waals surface area contributed by atoms with Gasteiger partial charge in [-0.3, -0.25) is 0 Å². The first-order chi connectivity index (χ1) is 6.42. The molecule has 0 bridgehead atoms. The number of hydrogen-bond acceptors (Lipinski definition) is 3. The molecule has 0 radical (unpaired) electrons. The maximum absolute atomic E-state index is 10.8. The third-order valence-electron chi connectivity index (χ3n) is 1.55. The van der Waals surface area contributed by atoms with E-state index in [0.29, 0.717) is 11.3 Å². The molecule has 0 unspecified atom stereocenters. The van der Waals surface area contributed by atoms with Gasteiger partial charge in [-0.2, -0.15) is 0 Å². The highest BCUT2D eigenvalue weighted by Gasteiger charge is 2.09. The molecule has 0 aliphatic heterocycles. The van der Waals surface area contributed by atoms with E-state index in [1.165, 1.54) is 7.11 Å². The Balaban J connectivity index is 3.01. The van der Waals surface area contributed by atoms with E-state index >= 15 is 0 Å². The van der Waals surface area contributed by atoms with Gasteiger partial charge in [0.1, 0.15) is 5.75 Å². The van der Waals surface area contributed by atoms with E-state index in [1.54, 1.807) is 18.2 Å². The van der Waals surface area contributed by atoms with Crippen LogP contribution in [0.1, 0.15) is 5.56 Å². The SMILES string of the molecule is COc1cc(CS(=O)(=O)Cl)ccc1Br. The van der Waals surface area contributed by atoms with Gasteiger partial charge in [-0.1, -0.05) is 6.07 Å². The zero-order chi connectivity index (χ0) is 10.8. The molecule has 0 aromatic heterocycles. The lowest BCUT2D eigenvalue weighted by Crippen LogP contribution is -1.95. The summed E-state index contributed by atoms with van der Waals surface area (Å²) < 4.78 is 27.4. The molecule has 0 saturated carbocycles. The molecule has 0 aliphatic rings. The molecule has 1 rings (SSSR count). The first-order valence-corrected chi connectivity index (χ1v) is 6.94. The molecule has 1 aromatic carbocycles. The fourth-order valence-electron chi connectivity index (χ4n) is 0.993. The van der Waals surface area contributed by atoms with Crippen LogP contribution in [-0.4, -0.2) is 15.5 Å². The minimum Gasteiger partial charge on any atom is -0.496 e. The topological polar surface area (TPSA) is 43.4 Å². The summed E-state index contributed by atoms with van der Waals surface area (Å²) in [5.74, 6) is 0.390. The largest absolute Gasteiger partial charge is 0.496 e. The number of hydrogen-bond donors (Lipinski definition) is 0. The molecule has 0 spiro atoms. The first kappa shape index (κ1) is 11.8. The van der Waals surface area contributed by atoms with Crippen LogP contribution in [0.2, 0.25) is 0 Å². The minimum atomic E-state index is -3.51. The maximum atomic E-state index is 10.8. The van der Waals surface area contributed by atoms with Crippen LogP contribution in [0.4, 0.5) is 0 Å². The lowest BCUT2D eigenvalue weighted by molar-refractivity contribution is 0.412. The second-order valence-electron chi connectivity index (χ2n) is 2.65. The molecular weight excluding hydrogens is 292 g/mol. The van der Waals surface area contributed by atoms with Gasteiger partial charge in [0.2, 0.25) is 9.05 Å². The Morgan fingerprint density at radius 2 is 2.14 bits per heavy atom. The summed E-state index contributed by atoms with van der Waals surface area (Å²) in [6.45, 7) is 0. The number of methoxy groups -OCH3 is 1. The Morgan fingerprint density at radius 3 is 2.64 bits per heavy atom. The smallest absolute Gasteiger partial charge is 0.236 e. The van der Waals surface area contributed by atoms with Crippen molar-refractivity contribution in [2.45, 2.75) is 5.75 Å².